The number of thiocarbonyl (C=S) groups is 1. The van der Waals surface area contributed by atoms with Crippen LogP contribution in [-0.4, -0.2) is 22.3 Å². The molecule has 1 aromatic carbocycles. The van der Waals surface area contributed by atoms with E-state index in [0.29, 0.717) is 23.8 Å². The number of methoxy groups -OCH3 is 1. The average Bonchev–Trinajstić information content (AvgIpc) is 2.43. The van der Waals surface area contributed by atoms with E-state index in [4.69, 9.17) is 27.4 Å². The number of nitrogens with two attached hydrogens (primary N) is 1. The van der Waals surface area contributed by atoms with Gasteiger partial charge in [0.15, 0.2) is 0 Å². The lowest BCUT2D eigenvalue weighted by atomic mass is 10.1. The molecule has 0 aliphatic carbocycles. The Labute approximate surface area is 129 Å². The molecule has 6 heteroatoms. The van der Waals surface area contributed by atoms with Crippen LogP contribution in [0, 0.1) is 13.8 Å². The molecule has 2 rings (SSSR count). The predicted octanol–water partition coefficient (Wildman–Crippen LogP) is 2.67. The number of benzene rings is 1. The number of aromatic nitrogens is 2. The summed E-state index contributed by atoms with van der Waals surface area (Å²) in [6.45, 7) is 4.26. The fourth-order valence-corrected chi connectivity index (χ4v) is 2.17. The molecule has 5 nitrogen and oxygen atoms in total. The van der Waals surface area contributed by atoms with E-state index in [2.05, 4.69) is 10.2 Å². The standard InChI is InChI=1S/C15H17N3O2S/c1-9-10(2)17-18-15(13(9)14(16)21)20-12-6-4-5-11(7-12)8-19-3/h4-7H,8H2,1-3H3,(H2,16,21). The third-order valence-corrected chi connectivity index (χ3v) is 3.30. The van der Waals surface area contributed by atoms with Gasteiger partial charge in [-0.2, -0.15) is 5.10 Å². The maximum atomic E-state index is 5.80. The summed E-state index contributed by atoms with van der Waals surface area (Å²) in [5.74, 6) is 0.958. The lowest BCUT2D eigenvalue weighted by Gasteiger charge is -2.12. The van der Waals surface area contributed by atoms with Crippen LogP contribution in [0.3, 0.4) is 0 Å². The number of nitrogens with zero attached hydrogens (tertiary/aromatic N) is 2. The molecule has 0 aliphatic rings. The van der Waals surface area contributed by atoms with Crippen LogP contribution >= 0.6 is 12.2 Å². The Morgan fingerprint density at radius 2 is 2.05 bits per heavy atom. The molecule has 0 spiro atoms. The monoisotopic (exact) mass is 303 g/mol. The summed E-state index contributed by atoms with van der Waals surface area (Å²) < 4.78 is 10.9. The SMILES string of the molecule is COCc1cccc(Oc2nnc(C)c(C)c2C(N)=S)c1. The number of hydrogen-bond donors (Lipinski definition) is 1. The van der Waals surface area contributed by atoms with Crippen molar-refractivity contribution in [2.24, 2.45) is 5.73 Å². The molecule has 0 aliphatic heterocycles. The second kappa shape index (κ2) is 6.60. The number of rotatable bonds is 5. The Bertz CT molecular complexity index is 674. The molecule has 110 valence electrons. The molecule has 0 amide bonds. The van der Waals surface area contributed by atoms with Crippen molar-refractivity contribution in [3.63, 3.8) is 0 Å². The van der Waals surface area contributed by atoms with Gasteiger partial charge in [-0.15, -0.1) is 5.10 Å². The summed E-state index contributed by atoms with van der Waals surface area (Å²) in [4.78, 5) is 0.244. The molecule has 0 unspecified atom stereocenters. The second-order valence-corrected chi connectivity index (χ2v) is 5.08. The van der Waals surface area contributed by atoms with Crippen molar-refractivity contribution in [1.29, 1.82) is 0 Å². The van der Waals surface area contributed by atoms with Gasteiger partial charge in [0, 0.05) is 7.11 Å². The highest BCUT2D eigenvalue weighted by Crippen LogP contribution is 2.26. The molecular weight excluding hydrogens is 286 g/mol. The lowest BCUT2D eigenvalue weighted by molar-refractivity contribution is 0.184. The first-order chi connectivity index (χ1) is 10.0. The van der Waals surface area contributed by atoms with Gasteiger partial charge in [-0.1, -0.05) is 24.4 Å². The van der Waals surface area contributed by atoms with E-state index >= 15 is 0 Å². The van der Waals surface area contributed by atoms with Gasteiger partial charge in [0.2, 0.25) is 5.88 Å². The Balaban J connectivity index is 2.37. The topological polar surface area (TPSA) is 70.3 Å². The minimum Gasteiger partial charge on any atom is -0.437 e. The van der Waals surface area contributed by atoms with E-state index in [1.54, 1.807) is 7.11 Å². The van der Waals surface area contributed by atoms with Crippen molar-refractivity contribution in [3.05, 3.63) is 46.6 Å². The molecule has 21 heavy (non-hydrogen) atoms. The van der Waals surface area contributed by atoms with Gasteiger partial charge in [-0.05, 0) is 37.1 Å². The van der Waals surface area contributed by atoms with Gasteiger partial charge in [0.1, 0.15) is 10.7 Å². The van der Waals surface area contributed by atoms with E-state index in [9.17, 15) is 0 Å². The summed E-state index contributed by atoms with van der Waals surface area (Å²) in [6, 6.07) is 7.55. The summed E-state index contributed by atoms with van der Waals surface area (Å²) >= 11 is 5.09. The highest BCUT2D eigenvalue weighted by atomic mass is 32.1. The summed E-state index contributed by atoms with van der Waals surface area (Å²) in [7, 11) is 1.65. The third-order valence-electron chi connectivity index (χ3n) is 3.09. The normalized spacial score (nSPS) is 10.4. The van der Waals surface area contributed by atoms with Gasteiger partial charge in [-0.25, -0.2) is 0 Å². The van der Waals surface area contributed by atoms with Crippen LogP contribution in [0.4, 0.5) is 0 Å². The molecule has 0 saturated carbocycles. The zero-order valence-corrected chi connectivity index (χ0v) is 13.0. The van der Waals surface area contributed by atoms with E-state index < -0.39 is 0 Å². The van der Waals surface area contributed by atoms with Crippen molar-refractivity contribution in [3.8, 4) is 11.6 Å². The van der Waals surface area contributed by atoms with Crippen LogP contribution in [0.5, 0.6) is 11.6 Å². The van der Waals surface area contributed by atoms with Crippen LogP contribution in [0.2, 0.25) is 0 Å². The van der Waals surface area contributed by atoms with E-state index in [1.807, 2.05) is 38.1 Å². The molecule has 1 aromatic heterocycles. The molecule has 0 radical (unpaired) electrons. The molecule has 0 fully saturated rings. The Morgan fingerprint density at radius 1 is 1.29 bits per heavy atom. The van der Waals surface area contributed by atoms with E-state index in [-0.39, 0.29) is 4.99 Å². The third kappa shape index (κ3) is 3.53. The zero-order chi connectivity index (χ0) is 15.4. The lowest BCUT2D eigenvalue weighted by Crippen LogP contribution is -2.15. The quantitative estimate of drug-likeness (QED) is 0.856. The Hall–Kier alpha value is -2.05. The predicted molar refractivity (Wildman–Crippen MR) is 84.6 cm³/mol. The molecule has 0 saturated heterocycles. The van der Waals surface area contributed by atoms with Gasteiger partial charge in [-0.3, -0.25) is 0 Å². The molecule has 2 N–H and O–H groups in total. The Kier molecular flexibility index (Phi) is 4.82. The molecule has 2 aromatic rings. The van der Waals surface area contributed by atoms with Crippen molar-refractivity contribution in [2.45, 2.75) is 20.5 Å². The van der Waals surface area contributed by atoms with Crippen molar-refractivity contribution >= 4 is 17.2 Å². The van der Waals surface area contributed by atoms with E-state index in [0.717, 1.165) is 16.8 Å². The number of ether oxygens (including phenoxy) is 2. The van der Waals surface area contributed by atoms with Crippen LogP contribution in [-0.2, 0) is 11.3 Å². The van der Waals surface area contributed by atoms with Crippen molar-refractivity contribution in [2.75, 3.05) is 7.11 Å². The van der Waals surface area contributed by atoms with Gasteiger partial charge >= 0.3 is 0 Å². The molecular formula is C15H17N3O2S. The highest BCUT2D eigenvalue weighted by molar-refractivity contribution is 7.80. The van der Waals surface area contributed by atoms with Crippen LogP contribution in [0.25, 0.3) is 0 Å². The largest absolute Gasteiger partial charge is 0.437 e. The maximum absolute atomic E-state index is 5.80. The smallest absolute Gasteiger partial charge is 0.249 e. The number of aryl methyl sites for hydroxylation is 1. The first kappa shape index (κ1) is 15.3. The minimum absolute atomic E-state index is 0.244. The van der Waals surface area contributed by atoms with Crippen LogP contribution in [0.15, 0.2) is 24.3 Å². The Morgan fingerprint density at radius 3 is 2.71 bits per heavy atom. The first-order valence-electron chi connectivity index (χ1n) is 6.42. The first-order valence-corrected chi connectivity index (χ1v) is 6.83. The molecule has 0 atom stereocenters. The average molecular weight is 303 g/mol. The molecule has 1 heterocycles. The summed E-state index contributed by atoms with van der Waals surface area (Å²) in [6.07, 6.45) is 0. The number of hydrogen-bond acceptors (Lipinski definition) is 5. The van der Waals surface area contributed by atoms with Gasteiger partial charge in [0.05, 0.1) is 17.9 Å². The summed E-state index contributed by atoms with van der Waals surface area (Å²) in [5, 5.41) is 8.12. The van der Waals surface area contributed by atoms with Crippen molar-refractivity contribution < 1.29 is 9.47 Å². The minimum atomic E-state index is 0.244. The molecule has 0 bridgehead atoms. The van der Waals surface area contributed by atoms with Crippen molar-refractivity contribution in [1.82, 2.24) is 10.2 Å². The maximum Gasteiger partial charge on any atom is 0.249 e. The highest BCUT2D eigenvalue weighted by Gasteiger charge is 2.15. The van der Waals surface area contributed by atoms with Crippen LogP contribution in [0.1, 0.15) is 22.4 Å². The fourth-order valence-electron chi connectivity index (χ4n) is 1.93. The second-order valence-electron chi connectivity index (χ2n) is 4.64. The fraction of sp³-hybridized carbons (Fsp3) is 0.267. The zero-order valence-electron chi connectivity index (χ0n) is 12.2. The van der Waals surface area contributed by atoms with Gasteiger partial charge in [0.25, 0.3) is 0 Å². The van der Waals surface area contributed by atoms with Gasteiger partial charge < -0.3 is 15.2 Å². The summed E-state index contributed by atoms with van der Waals surface area (Å²) in [5.41, 5.74) is 9.05. The van der Waals surface area contributed by atoms with E-state index in [1.165, 1.54) is 0 Å². The van der Waals surface area contributed by atoms with Crippen LogP contribution < -0.4 is 10.5 Å².